The summed E-state index contributed by atoms with van der Waals surface area (Å²) >= 11 is 5.71. The van der Waals surface area contributed by atoms with Crippen molar-refractivity contribution in [2.45, 2.75) is 31.7 Å². The molecule has 0 saturated heterocycles. The van der Waals surface area contributed by atoms with Gasteiger partial charge in [-0.15, -0.1) is 0 Å². The highest BCUT2D eigenvalue weighted by Crippen LogP contribution is 2.29. The molecule has 3 heteroatoms. The van der Waals surface area contributed by atoms with E-state index in [2.05, 4.69) is 9.55 Å². The zero-order valence-corrected chi connectivity index (χ0v) is 7.09. The van der Waals surface area contributed by atoms with E-state index in [4.69, 9.17) is 11.6 Å². The van der Waals surface area contributed by atoms with Gasteiger partial charge in [0, 0.05) is 12.2 Å². The van der Waals surface area contributed by atoms with Crippen molar-refractivity contribution in [1.82, 2.24) is 9.55 Å². The van der Waals surface area contributed by atoms with E-state index in [1.807, 2.05) is 12.5 Å². The molecule has 11 heavy (non-hydrogen) atoms. The fraction of sp³-hybridized carbons (Fsp3) is 0.625. The largest absolute Gasteiger partial charge is 0.333 e. The summed E-state index contributed by atoms with van der Waals surface area (Å²) in [7, 11) is 0. The molecule has 1 saturated carbocycles. The zero-order chi connectivity index (χ0) is 7.68. The summed E-state index contributed by atoms with van der Waals surface area (Å²) in [5.41, 5.74) is 0. The average Bonchev–Trinajstić information content (AvgIpc) is 2.55. The minimum Gasteiger partial charge on any atom is -0.333 e. The van der Waals surface area contributed by atoms with E-state index in [0.717, 1.165) is 0 Å². The van der Waals surface area contributed by atoms with Crippen LogP contribution in [0, 0.1) is 0 Å². The van der Waals surface area contributed by atoms with Gasteiger partial charge in [-0.05, 0) is 12.8 Å². The molecule has 0 radical (unpaired) electrons. The van der Waals surface area contributed by atoms with E-state index < -0.39 is 0 Å². The van der Waals surface area contributed by atoms with E-state index in [1.54, 1.807) is 0 Å². The van der Waals surface area contributed by atoms with Crippen LogP contribution in [0.15, 0.2) is 12.5 Å². The molecule has 2 rings (SSSR count). The third-order valence-corrected chi connectivity index (χ3v) is 2.51. The van der Waals surface area contributed by atoms with E-state index in [0.29, 0.717) is 11.2 Å². The van der Waals surface area contributed by atoms with Crippen LogP contribution in [0.5, 0.6) is 0 Å². The zero-order valence-electron chi connectivity index (χ0n) is 6.33. The molecule has 1 heterocycles. The van der Waals surface area contributed by atoms with Crippen molar-refractivity contribution in [3.63, 3.8) is 0 Å². The Bertz CT molecular complexity index is 238. The summed E-state index contributed by atoms with van der Waals surface area (Å²) in [6, 6.07) is 0.662. The standard InChI is InChI=1S/C8H11ClN2/c9-8-5-11(6-10-8)7-3-1-2-4-7/h5-7H,1-4H2. The number of halogens is 1. The molecular weight excluding hydrogens is 160 g/mol. The van der Waals surface area contributed by atoms with Crippen LogP contribution in [0.2, 0.25) is 5.15 Å². The van der Waals surface area contributed by atoms with E-state index in [9.17, 15) is 0 Å². The van der Waals surface area contributed by atoms with Crippen LogP contribution in [0.1, 0.15) is 31.7 Å². The quantitative estimate of drug-likeness (QED) is 0.634. The molecule has 0 atom stereocenters. The highest BCUT2D eigenvalue weighted by atomic mass is 35.5. The maximum Gasteiger partial charge on any atom is 0.146 e. The topological polar surface area (TPSA) is 17.8 Å². The average molecular weight is 171 g/mol. The number of hydrogen-bond acceptors (Lipinski definition) is 1. The first kappa shape index (κ1) is 7.17. The fourth-order valence-electron chi connectivity index (χ4n) is 1.71. The molecule has 1 aliphatic rings. The Morgan fingerprint density at radius 3 is 2.73 bits per heavy atom. The molecule has 0 N–H and O–H groups in total. The molecule has 0 amide bonds. The molecule has 1 aromatic rings. The summed E-state index contributed by atoms with van der Waals surface area (Å²) in [4.78, 5) is 3.99. The third-order valence-electron chi connectivity index (χ3n) is 2.32. The van der Waals surface area contributed by atoms with Gasteiger partial charge in [0.15, 0.2) is 0 Å². The lowest BCUT2D eigenvalue weighted by Gasteiger charge is -2.08. The van der Waals surface area contributed by atoms with Crippen LogP contribution in [-0.2, 0) is 0 Å². The Morgan fingerprint density at radius 1 is 1.45 bits per heavy atom. The minimum atomic E-state index is 0.608. The molecule has 0 aromatic carbocycles. The van der Waals surface area contributed by atoms with Gasteiger partial charge in [0.05, 0.1) is 6.33 Å². The highest BCUT2D eigenvalue weighted by Gasteiger charge is 2.16. The van der Waals surface area contributed by atoms with Gasteiger partial charge in [-0.25, -0.2) is 4.98 Å². The summed E-state index contributed by atoms with van der Waals surface area (Å²) in [6.07, 6.45) is 9.01. The third kappa shape index (κ3) is 1.41. The van der Waals surface area contributed by atoms with Crippen molar-refractivity contribution < 1.29 is 0 Å². The first-order chi connectivity index (χ1) is 5.36. The second kappa shape index (κ2) is 2.86. The monoisotopic (exact) mass is 170 g/mol. The summed E-state index contributed by atoms with van der Waals surface area (Å²) in [5.74, 6) is 0. The van der Waals surface area contributed by atoms with Crippen LogP contribution in [0.25, 0.3) is 0 Å². The molecule has 1 aliphatic carbocycles. The highest BCUT2D eigenvalue weighted by molar-refractivity contribution is 6.29. The van der Waals surface area contributed by atoms with Crippen LogP contribution in [-0.4, -0.2) is 9.55 Å². The Morgan fingerprint density at radius 2 is 2.18 bits per heavy atom. The van der Waals surface area contributed by atoms with Gasteiger partial charge in [0.25, 0.3) is 0 Å². The first-order valence-electron chi connectivity index (χ1n) is 4.05. The minimum absolute atomic E-state index is 0.608. The molecule has 0 spiro atoms. The molecule has 0 bridgehead atoms. The molecule has 2 nitrogen and oxygen atoms in total. The van der Waals surface area contributed by atoms with Crippen LogP contribution in [0.3, 0.4) is 0 Å². The number of nitrogens with zero attached hydrogens (tertiary/aromatic N) is 2. The Balaban J connectivity index is 2.15. The fourth-order valence-corrected chi connectivity index (χ4v) is 1.87. The van der Waals surface area contributed by atoms with E-state index >= 15 is 0 Å². The summed E-state index contributed by atoms with van der Waals surface area (Å²) in [6.45, 7) is 0. The van der Waals surface area contributed by atoms with Crippen molar-refractivity contribution in [3.8, 4) is 0 Å². The smallest absolute Gasteiger partial charge is 0.146 e. The molecule has 1 fully saturated rings. The number of aromatic nitrogens is 2. The normalized spacial score (nSPS) is 19.4. The van der Waals surface area contributed by atoms with Crippen molar-refractivity contribution >= 4 is 11.6 Å². The Kier molecular flexibility index (Phi) is 1.86. The molecular formula is C8H11ClN2. The summed E-state index contributed by atoms with van der Waals surface area (Å²) in [5, 5.41) is 0.608. The van der Waals surface area contributed by atoms with Crippen molar-refractivity contribution in [1.29, 1.82) is 0 Å². The number of hydrogen-bond donors (Lipinski definition) is 0. The van der Waals surface area contributed by atoms with Gasteiger partial charge < -0.3 is 4.57 Å². The maximum atomic E-state index is 5.71. The van der Waals surface area contributed by atoms with Crippen molar-refractivity contribution in [3.05, 3.63) is 17.7 Å². The Labute approximate surface area is 71.2 Å². The maximum absolute atomic E-state index is 5.71. The van der Waals surface area contributed by atoms with Crippen LogP contribution < -0.4 is 0 Å². The number of imidazole rings is 1. The number of rotatable bonds is 1. The van der Waals surface area contributed by atoms with Crippen molar-refractivity contribution in [2.75, 3.05) is 0 Å². The SMILES string of the molecule is Clc1cn(C2CCCC2)cn1. The molecule has 60 valence electrons. The lowest BCUT2D eigenvalue weighted by atomic mass is 10.2. The predicted octanol–water partition coefficient (Wildman–Crippen LogP) is 2.65. The lowest BCUT2D eigenvalue weighted by molar-refractivity contribution is 0.518. The van der Waals surface area contributed by atoms with Gasteiger partial charge in [0.2, 0.25) is 0 Å². The second-order valence-corrected chi connectivity index (χ2v) is 3.47. The Hall–Kier alpha value is -0.500. The molecule has 0 aliphatic heterocycles. The molecule has 1 aromatic heterocycles. The van der Waals surface area contributed by atoms with Crippen molar-refractivity contribution in [2.24, 2.45) is 0 Å². The molecule has 0 unspecified atom stereocenters. The van der Waals surface area contributed by atoms with Gasteiger partial charge in [-0.2, -0.15) is 0 Å². The second-order valence-electron chi connectivity index (χ2n) is 3.08. The summed E-state index contributed by atoms with van der Waals surface area (Å²) < 4.78 is 2.13. The lowest BCUT2D eigenvalue weighted by Crippen LogP contribution is -2.00. The van der Waals surface area contributed by atoms with Crippen LogP contribution in [0.4, 0.5) is 0 Å². The van der Waals surface area contributed by atoms with Gasteiger partial charge in [-0.1, -0.05) is 24.4 Å². The van der Waals surface area contributed by atoms with Gasteiger partial charge in [0.1, 0.15) is 5.15 Å². The van der Waals surface area contributed by atoms with Crippen LogP contribution >= 0.6 is 11.6 Å². The first-order valence-corrected chi connectivity index (χ1v) is 4.43. The van der Waals surface area contributed by atoms with E-state index in [1.165, 1.54) is 25.7 Å². The van der Waals surface area contributed by atoms with E-state index in [-0.39, 0.29) is 0 Å². The van der Waals surface area contributed by atoms with Gasteiger partial charge >= 0.3 is 0 Å². The predicted molar refractivity (Wildman–Crippen MR) is 44.7 cm³/mol. The van der Waals surface area contributed by atoms with Gasteiger partial charge in [-0.3, -0.25) is 0 Å².